The summed E-state index contributed by atoms with van der Waals surface area (Å²) in [4.78, 5) is 14.7. The number of phenols is 1. The normalized spacial score (nSPS) is 10.7. The Morgan fingerprint density at radius 1 is 1.21 bits per heavy atom. The summed E-state index contributed by atoms with van der Waals surface area (Å²) in [6.07, 6.45) is 0. The Hall–Kier alpha value is -2.47. The summed E-state index contributed by atoms with van der Waals surface area (Å²) in [6, 6.07) is 11.5. The van der Waals surface area contributed by atoms with Crippen LogP contribution in [0.5, 0.6) is 5.75 Å². The monoisotopic (exact) mass is 272 g/mol. The van der Waals surface area contributed by atoms with Gasteiger partial charge in [-0.05, 0) is 18.2 Å². The number of nitrogens with zero attached hydrogens (tertiary/aromatic N) is 2. The number of rotatable bonds is 2. The van der Waals surface area contributed by atoms with E-state index in [1.54, 1.807) is 0 Å². The number of hydrogen-bond donors (Lipinski definition) is 1. The van der Waals surface area contributed by atoms with Crippen LogP contribution in [0, 0.1) is 10.1 Å². The van der Waals surface area contributed by atoms with E-state index in [1.807, 2.05) is 24.3 Å². The lowest BCUT2D eigenvalue weighted by Gasteiger charge is -2.00. The SMILES string of the molecule is O=[N+]([O-])c1ccc(O)c(-c2nc3ccccc3s2)c1. The molecule has 94 valence electrons. The van der Waals surface area contributed by atoms with Gasteiger partial charge in [-0.15, -0.1) is 11.3 Å². The number of nitro benzene ring substituents is 1. The molecule has 0 spiro atoms. The van der Waals surface area contributed by atoms with Crippen molar-refractivity contribution in [2.45, 2.75) is 0 Å². The molecule has 0 aliphatic carbocycles. The van der Waals surface area contributed by atoms with Gasteiger partial charge in [0.05, 0.1) is 20.7 Å². The van der Waals surface area contributed by atoms with E-state index in [9.17, 15) is 15.2 Å². The van der Waals surface area contributed by atoms with E-state index >= 15 is 0 Å². The number of aromatic hydroxyl groups is 1. The van der Waals surface area contributed by atoms with Crippen LogP contribution < -0.4 is 0 Å². The molecule has 0 radical (unpaired) electrons. The van der Waals surface area contributed by atoms with Crippen LogP contribution in [0.15, 0.2) is 42.5 Å². The van der Waals surface area contributed by atoms with Gasteiger partial charge in [-0.1, -0.05) is 12.1 Å². The number of hydrogen-bond acceptors (Lipinski definition) is 5. The smallest absolute Gasteiger partial charge is 0.270 e. The van der Waals surface area contributed by atoms with Gasteiger partial charge in [0.15, 0.2) is 0 Å². The van der Waals surface area contributed by atoms with Gasteiger partial charge in [0.25, 0.3) is 5.69 Å². The van der Waals surface area contributed by atoms with Gasteiger partial charge in [0, 0.05) is 12.1 Å². The average Bonchev–Trinajstić information content (AvgIpc) is 2.82. The van der Waals surface area contributed by atoms with Gasteiger partial charge in [-0.2, -0.15) is 0 Å². The van der Waals surface area contributed by atoms with E-state index in [1.165, 1.54) is 29.5 Å². The number of fused-ring (bicyclic) bond motifs is 1. The van der Waals surface area contributed by atoms with Gasteiger partial charge in [0.2, 0.25) is 0 Å². The van der Waals surface area contributed by atoms with E-state index in [4.69, 9.17) is 0 Å². The molecule has 6 heteroatoms. The molecule has 3 aromatic rings. The number of non-ortho nitro benzene ring substituents is 1. The Morgan fingerprint density at radius 3 is 2.74 bits per heavy atom. The van der Waals surface area contributed by atoms with Crippen LogP contribution in [0.4, 0.5) is 5.69 Å². The first-order valence-corrected chi connectivity index (χ1v) is 6.30. The molecule has 0 bridgehead atoms. The second kappa shape index (κ2) is 4.33. The van der Waals surface area contributed by atoms with Crippen LogP contribution in [0.1, 0.15) is 0 Å². The van der Waals surface area contributed by atoms with Gasteiger partial charge >= 0.3 is 0 Å². The summed E-state index contributed by atoms with van der Waals surface area (Å²) in [5, 5.41) is 21.2. The van der Waals surface area contributed by atoms with Crippen molar-refractivity contribution >= 4 is 27.2 Å². The van der Waals surface area contributed by atoms with Crippen molar-refractivity contribution in [2.24, 2.45) is 0 Å². The molecule has 0 unspecified atom stereocenters. The molecule has 0 aliphatic heterocycles. The van der Waals surface area contributed by atoms with Crippen molar-refractivity contribution in [3.63, 3.8) is 0 Å². The molecule has 19 heavy (non-hydrogen) atoms. The van der Waals surface area contributed by atoms with E-state index < -0.39 is 4.92 Å². The van der Waals surface area contributed by atoms with E-state index in [0.29, 0.717) is 10.6 Å². The summed E-state index contributed by atoms with van der Waals surface area (Å²) in [7, 11) is 0. The van der Waals surface area contributed by atoms with Crippen LogP contribution in [-0.4, -0.2) is 15.0 Å². The summed E-state index contributed by atoms with van der Waals surface area (Å²) >= 11 is 1.39. The molecule has 0 fully saturated rings. The molecule has 0 aliphatic rings. The van der Waals surface area contributed by atoms with Crippen LogP contribution in [0.25, 0.3) is 20.8 Å². The van der Waals surface area contributed by atoms with Crippen molar-refractivity contribution in [1.29, 1.82) is 0 Å². The number of para-hydroxylation sites is 1. The predicted molar refractivity (Wildman–Crippen MR) is 73.4 cm³/mol. The Morgan fingerprint density at radius 2 is 2.00 bits per heavy atom. The topological polar surface area (TPSA) is 76.3 Å². The first-order chi connectivity index (χ1) is 9.15. The second-order valence-electron chi connectivity index (χ2n) is 3.95. The van der Waals surface area contributed by atoms with E-state index in [2.05, 4.69) is 4.98 Å². The molecule has 0 saturated heterocycles. The molecule has 0 atom stereocenters. The Labute approximate surface area is 111 Å². The zero-order chi connectivity index (χ0) is 13.4. The maximum Gasteiger partial charge on any atom is 0.270 e. The second-order valence-corrected chi connectivity index (χ2v) is 4.98. The zero-order valence-corrected chi connectivity index (χ0v) is 10.4. The first kappa shape index (κ1) is 11.6. The van der Waals surface area contributed by atoms with Crippen molar-refractivity contribution in [1.82, 2.24) is 4.98 Å². The summed E-state index contributed by atoms with van der Waals surface area (Å²) < 4.78 is 0.975. The van der Waals surface area contributed by atoms with Crippen LogP contribution in [0.2, 0.25) is 0 Å². The highest BCUT2D eigenvalue weighted by Crippen LogP contribution is 2.37. The standard InChI is InChI=1S/C13H8N2O3S/c16-11-6-5-8(15(17)18)7-9(11)13-14-10-3-1-2-4-12(10)19-13/h1-7,16H. The molecule has 0 saturated carbocycles. The first-order valence-electron chi connectivity index (χ1n) is 5.48. The fraction of sp³-hybridized carbons (Fsp3) is 0. The summed E-state index contributed by atoms with van der Waals surface area (Å²) in [5.41, 5.74) is 1.14. The molecule has 5 nitrogen and oxygen atoms in total. The number of benzene rings is 2. The van der Waals surface area contributed by atoms with Gasteiger partial charge in [-0.25, -0.2) is 4.98 Å². The minimum Gasteiger partial charge on any atom is -0.507 e. The van der Waals surface area contributed by atoms with Crippen LogP contribution >= 0.6 is 11.3 Å². The Kier molecular flexibility index (Phi) is 2.64. The van der Waals surface area contributed by atoms with E-state index in [0.717, 1.165) is 10.2 Å². The molecular weight excluding hydrogens is 264 g/mol. The molecule has 2 aromatic carbocycles. The fourth-order valence-electron chi connectivity index (χ4n) is 1.80. The third-order valence-corrected chi connectivity index (χ3v) is 3.78. The zero-order valence-electron chi connectivity index (χ0n) is 9.61. The highest BCUT2D eigenvalue weighted by atomic mass is 32.1. The lowest BCUT2D eigenvalue weighted by Crippen LogP contribution is -1.88. The van der Waals surface area contributed by atoms with Gasteiger partial charge in [-0.3, -0.25) is 10.1 Å². The van der Waals surface area contributed by atoms with Crippen LogP contribution in [-0.2, 0) is 0 Å². The molecule has 3 rings (SSSR count). The Bertz CT molecular complexity index is 749. The molecule has 1 aromatic heterocycles. The average molecular weight is 272 g/mol. The number of aromatic nitrogens is 1. The van der Waals surface area contributed by atoms with Crippen molar-refractivity contribution in [3.05, 3.63) is 52.6 Å². The molecule has 0 amide bonds. The predicted octanol–water partition coefficient (Wildman–Crippen LogP) is 3.58. The molecular formula is C13H8N2O3S. The number of phenolic OH excluding ortho intramolecular Hbond substituents is 1. The number of nitro groups is 1. The fourth-order valence-corrected chi connectivity index (χ4v) is 2.79. The quantitative estimate of drug-likeness (QED) is 0.571. The minimum atomic E-state index is -0.490. The highest BCUT2D eigenvalue weighted by molar-refractivity contribution is 7.21. The van der Waals surface area contributed by atoms with Crippen molar-refractivity contribution in [3.8, 4) is 16.3 Å². The van der Waals surface area contributed by atoms with Crippen LogP contribution in [0.3, 0.4) is 0 Å². The largest absolute Gasteiger partial charge is 0.507 e. The summed E-state index contributed by atoms with van der Waals surface area (Å²) in [6.45, 7) is 0. The highest BCUT2D eigenvalue weighted by Gasteiger charge is 2.15. The summed E-state index contributed by atoms with van der Waals surface area (Å²) in [5.74, 6) is -0.00958. The van der Waals surface area contributed by atoms with E-state index in [-0.39, 0.29) is 11.4 Å². The van der Waals surface area contributed by atoms with Gasteiger partial charge < -0.3 is 5.11 Å². The molecule has 1 heterocycles. The van der Waals surface area contributed by atoms with Crippen molar-refractivity contribution in [2.75, 3.05) is 0 Å². The third-order valence-electron chi connectivity index (χ3n) is 2.72. The Balaban J connectivity index is 2.20. The van der Waals surface area contributed by atoms with Gasteiger partial charge in [0.1, 0.15) is 10.8 Å². The maximum atomic E-state index is 10.8. The number of thiazole rings is 1. The lowest BCUT2D eigenvalue weighted by molar-refractivity contribution is -0.384. The third kappa shape index (κ3) is 2.02. The maximum absolute atomic E-state index is 10.8. The lowest BCUT2D eigenvalue weighted by atomic mass is 10.2. The minimum absolute atomic E-state index is 0.00958. The molecule has 1 N–H and O–H groups in total. The van der Waals surface area contributed by atoms with Crippen molar-refractivity contribution < 1.29 is 10.0 Å².